The predicted molar refractivity (Wildman–Crippen MR) is 192 cm³/mol. The van der Waals surface area contributed by atoms with Gasteiger partial charge in [-0.25, -0.2) is 9.59 Å². The van der Waals surface area contributed by atoms with E-state index in [9.17, 15) is 49.2 Å². The first-order chi connectivity index (χ1) is 24.3. The Hall–Kier alpha value is -3.16. The van der Waals surface area contributed by atoms with Gasteiger partial charge in [0, 0.05) is 73.4 Å². The summed E-state index contributed by atoms with van der Waals surface area (Å²) in [6, 6.07) is -1.14. The van der Waals surface area contributed by atoms with Crippen LogP contribution in [0.4, 0.5) is 0 Å². The van der Waals surface area contributed by atoms with Crippen LogP contribution in [0.2, 0.25) is 0 Å². The minimum atomic E-state index is -1.12. The number of carboxylic acid groups (broad SMARTS) is 2. The number of aliphatic carboxylic acids is 2. The molecule has 4 fully saturated rings. The maximum Gasteiger partial charge on any atom is 0.353 e. The van der Waals surface area contributed by atoms with Gasteiger partial charge in [-0.1, -0.05) is 13.8 Å². The molecular weight excluding hydrogens is 717 g/mol. The van der Waals surface area contributed by atoms with E-state index in [0.717, 1.165) is 0 Å². The van der Waals surface area contributed by atoms with E-state index in [4.69, 9.17) is 0 Å². The van der Waals surface area contributed by atoms with Crippen LogP contribution in [0.3, 0.4) is 0 Å². The third-order valence-electron chi connectivity index (χ3n) is 10.9. The number of hydrogen-bond donors (Lipinski definition) is 6. The van der Waals surface area contributed by atoms with E-state index in [2.05, 4.69) is 10.6 Å². The lowest BCUT2D eigenvalue weighted by Crippen LogP contribution is -2.63. The molecule has 16 nitrogen and oxygen atoms in total. The van der Waals surface area contributed by atoms with Crippen LogP contribution in [-0.4, -0.2) is 164 Å². The molecule has 4 saturated heterocycles. The molecule has 0 aromatic heterocycles. The highest BCUT2D eigenvalue weighted by molar-refractivity contribution is 8.04. The summed E-state index contributed by atoms with van der Waals surface area (Å²) in [5.74, 6) is -4.27. The van der Waals surface area contributed by atoms with E-state index in [0.29, 0.717) is 35.7 Å². The highest BCUT2D eigenvalue weighted by Gasteiger charge is 2.61. The fraction of sp³-hybridized carbons (Fsp3) is 0.706. The summed E-state index contributed by atoms with van der Waals surface area (Å²) in [6.07, 6.45) is -0.381. The molecule has 6 rings (SSSR count). The summed E-state index contributed by atoms with van der Waals surface area (Å²) >= 11 is 2.89. The van der Waals surface area contributed by atoms with Crippen molar-refractivity contribution in [3.63, 3.8) is 0 Å². The van der Waals surface area contributed by atoms with Gasteiger partial charge in [0.05, 0.1) is 48.2 Å². The van der Waals surface area contributed by atoms with Crippen molar-refractivity contribution in [3.8, 4) is 0 Å². The van der Waals surface area contributed by atoms with Gasteiger partial charge in [0.2, 0.25) is 23.6 Å². The molecule has 0 spiro atoms. The van der Waals surface area contributed by atoms with E-state index in [-0.39, 0.29) is 81.5 Å². The van der Waals surface area contributed by atoms with Gasteiger partial charge in [0.25, 0.3) is 0 Å². The van der Waals surface area contributed by atoms with Crippen LogP contribution in [0.1, 0.15) is 40.5 Å². The molecule has 0 aromatic rings. The molecule has 4 amide bonds. The fourth-order valence-electron chi connectivity index (χ4n) is 8.30. The van der Waals surface area contributed by atoms with Crippen LogP contribution < -0.4 is 10.6 Å². The topological polar surface area (TPSA) is 220 Å². The SMILES string of the molecule is C[C@@H](O)[C@H]1C(=O)N2C(C(=O)O)=C(S[C@@H]3CN[C@H](C(=O)N(C)C)C3)[C@H](C)[C@H]12.C[C@@H](O)[C@H]1C(=O)N2C(C(=O)O)=C(S[C@@H]3CN[C@H](C(=O)N(C)C)C3)[C@H](C)[C@H]12. The number of hydrogen-bond acceptors (Lipinski definition) is 12. The Labute approximate surface area is 311 Å². The van der Waals surface area contributed by atoms with Gasteiger partial charge in [-0.3, -0.25) is 19.2 Å². The van der Waals surface area contributed by atoms with Crippen molar-refractivity contribution in [3.05, 3.63) is 21.2 Å². The molecule has 6 heterocycles. The quantitative estimate of drug-likeness (QED) is 0.153. The summed E-state index contributed by atoms with van der Waals surface area (Å²) in [5, 5.41) is 45.6. The van der Waals surface area contributed by atoms with E-state index in [1.54, 1.807) is 51.8 Å². The molecule has 0 bridgehead atoms. The van der Waals surface area contributed by atoms with Gasteiger partial charge >= 0.3 is 11.9 Å². The number of carboxylic acids is 2. The highest BCUT2D eigenvalue weighted by Crippen LogP contribution is 2.53. The smallest absolute Gasteiger partial charge is 0.353 e. The molecular formula is C34H50N6O10S2. The van der Waals surface area contributed by atoms with Gasteiger partial charge in [0.15, 0.2) is 0 Å². The largest absolute Gasteiger partial charge is 0.477 e. The Morgan fingerprint density at radius 3 is 1.29 bits per heavy atom. The van der Waals surface area contributed by atoms with E-state index in [1.807, 2.05) is 13.8 Å². The Kier molecular flexibility index (Phi) is 11.8. The number of rotatable bonds is 10. The predicted octanol–water partition coefficient (Wildman–Crippen LogP) is -0.616. The van der Waals surface area contributed by atoms with E-state index >= 15 is 0 Å². The number of nitrogens with zero attached hydrogens (tertiary/aromatic N) is 4. The molecule has 0 aromatic carbocycles. The molecule has 12 atom stereocenters. The Bertz CT molecular complexity index is 1470. The molecule has 18 heteroatoms. The van der Waals surface area contributed by atoms with Gasteiger partial charge in [-0.05, 0) is 26.7 Å². The van der Waals surface area contributed by atoms with Crippen LogP contribution in [0.5, 0.6) is 0 Å². The van der Waals surface area contributed by atoms with Crippen molar-refractivity contribution in [1.29, 1.82) is 0 Å². The lowest BCUT2D eigenvalue weighted by molar-refractivity contribution is -0.163. The minimum absolute atomic E-state index is 0.00757. The first-order valence-corrected chi connectivity index (χ1v) is 19.2. The van der Waals surface area contributed by atoms with Gasteiger partial charge in [-0.2, -0.15) is 0 Å². The number of carbonyl (C=O) groups is 6. The number of carbonyl (C=O) groups excluding carboxylic acids is 4. The molecule has 6 N–H and O–H groups in total. The number of amides is 4. The lowest BCUT2D eigenvalue weighted by atomic mass is 9.79. The zero-order chi connectivity index (χ0) is 38.7. The summed E-state index contributed by atoms with van der Waals surface area (Å²) in [5.41, 5.74) is 0.0774. The van der Waals surface area contributed by atoms with Gasteiger partial charge in [-0.15, -0.1) is 23.5 Å². The van der Waals surface area contributed by atoms with Crippen molar-refractivity contribution >= 4 is 59.1 Å². The second-order valence-corrected chi connectivity index (χ2v) is 17.6. The number of fused-ring (bicyclic) bond motifs is 2. The molecule has 0 aliphatic carbocycles. The van der Waals surface area contributed by atoms with Crippen molar-refractivity contribution in [2.45, 2.75) is 87.4 Å². The van der Waals surface area contributed by atoms with E-state index < -0.39 is 36.0 Å². The normalized spacial score (nSPS) is 34.6. The van der Waals surface area contributed by atoms with E-state index in [1.165, 1.54) is 33.3 Å². The number of β-lactam (4-membered cyclic amide) rings is 2. The van der Waals surface area contributed by atoms with Crippen LogP contribution in [0, 0.1) is 23.7 Å². The molecule has 6 aliphatic rings. The number of likely N-dealkylation sites (N-methyl/N-ethyl adjacent to an activating group) is 2. The second kappa shape index (κ2) is 15.3. The third kappa shape index (κ3) is 6.97. The van der Waals surface area contributed by atoms with Crippen LogP contribution in [-0.2, 0) is 28.8 Å². The maximum atomic E-state index is 12.3. The first kappa shape index (κ1) is 40.0. The molecule has 6 aliphatic heterocycles. The van der Waals surface area contributed by atoms with Crippen LogP contribution in [0.25, 0.3) is 0 Å². The number of aliphatic hydroxyl groups is 2. The number of aliphatic hydroxyl groups excluding tert-OH is 2. The summed E-state index contributed by atoms with van der Waals surface area (Å²) in [7, 11) is 6.84. The monoisotopic (exact) mass is 766 g/mol. The van der Waals surface area contributed by atoms with Gasteiger partial charge < -0.3 is 50.7 Å². The third-order valence-corrected chi connectivity index (χ3v) is 13.9. The first-order valence-electron chi connectivity index (χ1n) is 17.5. The van der Waals surface area contributed by atoms with Crippen molar-refractivity contribution < 1.29 is 49.2 Å². The number of thioether (sulfide) groups is 2. The highest BCUT2D eigenvalue weighted by atomic mass is 32.2. The maximum absolute atomic E-state index is 12.3. The standard InChI is InChI=1S/2C17H25N3O5S/c2*1-7-12-11(8(2)21)16(23)20(12)13(17(24)25)14(7)26-9-5-10(18-6-9)15(22)19(3)4/h2*7-12,18,21H,5-6H2,1-4H3,(H,24,25)/t2*7-,8-,9+,10+,11-,12-/m11/s1. The minimum Gasteiger partial charge on any atom is -0.477 e. The summed E-state index contributed by atoms with van der Waals surface area (Å²) in [6.45, 7) is 8.16. The van der Waals surface area contributed by atoms with Crippen molar-refractivity contribution in [2.75, 3.05) is 41.3 Å². The van der Waals surface area contributed by atoms with Crippen LogP contribution in [0.15, 0.2) is 21.2 Å². The zero-order valence-corrected chi connectivity index (χ0v) is 32.2. The van der Waals surface area contributed by atoms with Crippen molar-refractivity contribution in [2.24, 2.45) is 23.7 Å². The Morgan fingerprint density at radius 2 is 1.02 bits per heavy atom. The molecule has 52 heavy (non-hydrogen) atoms. The summed E-state index contributed by atoms with van der Waals surface area (Å²) in [4.78, 5) is 79.6. The molecule has 0 radical (unpaired) electrons. The molecule has 0 unspecified atom stereocenters. The zero-order valence-electron chi connectivity index (χ0n) is 30.6. The average Bonchev–Trinajstić information content (AvgIpc) is 3.81. The number of nitrogens with one attached hydrogen (secondary N) is 2. The molecule has 0 saturated carbocycles. The Balaban J connectivity index is 0.000000201. The van der Waals surface area contributed by atoms with Crippen LogP contribution >= 0.6 is 23.5 Å². The van der Waals surface area contributed by atoms with Crippen molar-refractivity contribution in [1.82, 2.24) is 30.2 Å². The lowest BCUT2D eigenvalue weighted by Gasteiger charge is -2.46. The fourth-order valence-corrected chi connectivity index (χ4v) is 11.3. The molecule has 288 valence electrons. The summed E-state index contributed by atoms with van der Waals surface area (Å²) < 4.78 is 0. The average molecular weight is 767 g/mol. The van der Waals surface area contributed by atoms with Gasteiger partial charge in [0.1, 0.15) is 11.4 Å². The second-order valence-electron chi connectivity index (χ2n) is 14.9. The Morgan fingerprint density at radius 1 is 0.692 bits per heavy atom.